The van der Waals surface area contributed by atoms with Crippen molar-refractivity contribution < 1.29 is 42.5 Å². The van der Waals surface area contributed by atoms with Crippen LogP contribution < -0.4 is 0 Å². The zero-order valence-corrected chi connectivity index (χ0v) is 22.8. The topological polar surface area (TPSA) is 107 Å². The SMILES string of the molecule is CCC(=O)O[C@]1(C(=O)SC2CCOC2=O)C(C)C[C@H]2[C@@H]3C[C@H](F)C4=CC(=O)C=C[C@]4(C)[C@@]3(F)[C@@H](O)C[C@@]21C. The number of rotatable bonds is 4. The van der Waals surface area contributed by atoms with E-state index in [2.05, 4.69) is 0 Å². The van der Waals surface area contributed by atoms with Gasteiger partial charge in [-0.25, -0.2) is 8.78 Å². The fourth-order valence-corrected chi connectivity index (χ4v) is 9.56. The average molecular weight is 553 g/mol. The number of carbonyl (C=O) groups excluding carboxylic acids is 4. The van der Waals surface area contributed by atoms with E-state index in [4.69, 9.17) is 9.47 Å². The van der Waals surface area contributed by atoms with Gasteiger partial charge in [0.2, 0.25) is 5.12 Å². The molecule has 0 bridgehead atoms. The van der Waals surface area contributed by atoms with Crippen LogP contribution in [0.2, 0.25) is 0 Å². The van der Waals surface area contributed by atoms with Crippen LogP contribution >= 0.6 is 11.8 Å². The Balaban J connectivity index is 1.61. The molecule has 3 saturated carbocycles. The van der Waals surface area contributed by atoms with Crippen LogP contribution in [0, 0.1) is 28.6 Å². The number of fused-ring (bicyclic) bond motifs is 5. The molecule has 208 valence electrons. The third-order valence-electron chi connectivity index (χ3n) is 10.2. The van der Waals surface area contributed by atoms with Crippen LogP contribution in [0.3, 0.4) is 0 Å². The Hall–Kier alpha value is -2.07. The smallest absolute Gasteiger partial charge is 0.319 e. The van der Waals surface area contributed by atoms with Crippen LogP contribution in [0.25, 0.3) is 0 Å². The van der Waals surface area contributed by atoms with Gasteiger partial charge in [-0.2, -0.15) is 0 Å². The molecule has 0 amide bonds. The van der Waals surface area contributed by atoms with E-state index in [1.54, 1.807) is 20.8 Å². The van der Waals surface area contributed by atoms with E-state index in [1.165, 1.54) is 19.1 Å². The first kappa shape index (κ1) is 27.5. The molecule has 4 fully saturated rings. The predicted octanol–water partition coefficient (Wildman–Crippen LogP) is 3.82. The van der Waals surface area contributed by atoms with E-state index in [1.807, 2.05) is 0 Å². The molecule has 38 heavy (non-hydrogen) atoms. The van der Waals surface area contributed by atoms with Gasteiger partial charge in [0.1, 0.15) is 11.4 Å². The molecule has 0 aromatic carbocycles. The third kappa shape index (κ3) is 3.41. The van der Waals surface area contributed by atoms with Gasteiger partial charge in [-0.1, -0.05) is 38.6 Å². The Labute approximate surface area is 224 Å². The van der Waals surface area contributed by atoms with Crippen molar-refractivity contribution in [1.29, 1.82) is 0 Å². The van der Waals surface area contributed by atoms with Crippen molar-refractivity contribution in [3.8, 4) is 0 Å². The van der Waals surface area contributed by atoms with Crippen molar-refractivity contribution in [2.75, 3.05) is 6.61 Å². The number of halogens is 2. The molecule has 4 aliphatic carbocycles. The molecule has 1 N–H and O–H groups in total. The van der Waals surface area contributed by atoms with E-state index in [-0.39, 0.29) is 37.9 Å². The van der Waals surface area contributed by atoms with Crippen molar-refractivity contribution in [2.24, 2.45) is 28.6 Å². The minimum Gasteiger partial charge on any atom is -0.465 e. The summed E-state index contributed by atoms with van der Waals surface area (Å²) >= 11 is 0.772. The summed E-state index contributed by atoms with van der Waals surface area (Å²) in [5.41, 5.74) is -6.81. The highest BCUT2D eigenvalue weighted by atomic mass is 32.2. The molecule has 0 spiro atoms. The number of ketones is 1. The van der Waals surface area contributed by atoms with Gasteiger partial charge in [0.05, 0.1) is 12.7 Å². The van der Waals surface area contributed by atoms with Crippen molar-refractivity contribution in [2.45, 2.75) is 88.6 Å². The first-order valence-electron chi connectivity index (χ1n) is 13.3. The minimum absolute atomic E-state index is 0.00469. The molecule has 10 atom stereocenters. The number of hydrogen-bond donors (Lipinski definition) is 1. The molecular formula is C28H34F2O7S. The number of aliphatic hydroxyl groups excluding tert-OH is 1. The van der Waals surface area contributed by atoms with Crippen molar-refractivity contribution >= 4 is 34.6 Å². The molecule has 10 heteroatoms. The maximum atomic E-state index is 17.4. The van der Waals surface area contributed by atoms with Crippen LogP contribution in [-0.4, -0.2) is 63.3 Å². The summed E-state index contributed by atoms with van der Waals surface area (Å²) in [6, 6.07) is 0. The summed E-state index contributed by atoms with van der Waals surface area (Å²) in [6.45, 7) is 6.78. The summed E-state index contributed by atoms with van der Waals surface area (Å²) in [5.74, 6) is -3.76. The molecule has 7 nitrogen and oxygen atoms in total. The normalized spacial score (nSPS) is 47.5. The number of allylic oxidation sites excluding steroid dienone is 4. The molecule has 1 saturated heterocycles. The lowest BCUT2D eigenvalue weighted by atomic mass is 9.44. The molecular weight excluding hydrogens is 518 g/mol. The Morgan fingerprint density at radius 3 is 2.58 bits per heavy atom. The van der Waals surface area contributed by atoms with E-state index in [9.17, 15) is 24.3 Å². The summed E-state index contributed by atoms with van der Waals surface area (Å²) in [6.07, 6.45) is 0.586. The summed E-state index contributed by atoms with van der Waals surface area (Å²) in [7, 11) is 0. The number of aliphatic hydroxyl groups is 1. The highest BCUT2D eigenvalue weighted by Crippen LogP contribution is 2.72. The molecule has 1 aliphatic heterocycles. The van der Waals surface area contributed by atoms with Crippen LogP contribution in [0.15, 0.2) is 23.8 Å². The number of ether oxygens (including phenoxy) is 2. The van der Waals surface area contributed by atoms with Gasteiger partial charge in [-0.3, -0.25) is 19.2 Å². The van der Waals surface area contributed by atoms with Gasteiger partial charge in [0, 0.05) is 35.5 Å². The number of hydrogen-bond acceptors (Lipinski definition) is 8. The summed E-state index contributed by atoms with van der Waals surface area (Å²) in [4.78, 5) is 51.1. The van der Waals surface area contributed by atoms with Crippen LogP contribution in [0.1, 0.15) is 59.8 Å². The minimum atomic E-state index is -2.31. The fourth-order valence-electron chi connectivity index (χ4n) is 8.27. The number of alkyl halides is 2. The first-order valence-corrected chi connectivity index (χ1v) is 14.2. The van der Waals surface area contributed by atoms with Crippen molar-refractivity contribution in [1.82, 2.24) is 0 Å². The molecule has 0 radical (unpaired) electrons. The highest BCUT2D eigenvalue weighted by molar-refractivity contribution is 8.14. The number of carbonyl (C=O) groups is 4. The largest absolute Gasteiger partial charge is 0.465 e. The average Bonchev–Trinajstić information content (AvgIpc) is 3.35. The highest BCUT2D eigenvalue weighted by Gasteiger charge is 2.78. The van der Waals surface area contributed by atoms with Crippen LogP contribution in [0.4, 0.5) is 8.78 Å². The van der Waals surface area contributed by atoms with Crippen LogP contribution in [-0.2, 0) is 28.7 Å². The second-order valence-corrected chi connectivity index (χ2v) is 13.1. The molecule has 5 aliphatic rings. The van der Waals surface area contributed by atoms with E-state index >= 15 is 8.78 Å². The van der Waals surface area contributed by atoms with Crippen molar-refractivity contribution in [3.63, 3.8) is 0 Å². The maximum absolute atomic E-state index is 17.4. The first-order chi connectivity index (χ1) is 17.8. The number of cyclic esters (lactones) is 1. The van der Waals surface area contributed by atoms with Gasteiger partial charge in [-0.15, -0.1) is 0 Å². The Morgan fingerprint density at radius 1 is 1.24 bits per heavy atom. The second kappa shape index (κ2) is 8.98. The van der Waals surface area contributed by atoms with Gasteiger partial charge < -0.3 is 14.6 Å². The molecule has 1 heterocycles. The molecule has 5 rings (SSSR count). The number of thioether (sulfide) groups is 1. The lowest BCUT2D eigenvalue weighted by molar-refractivity contribution is -0.228. The monoisotopic (exact) mass is 552 g/mol. The van der Waals surface area contributed by atoms with Crippen LogP contribution in [0.5, 0.6) is 0 Å². The fraction of sp³-hybridized carbons (Fsp3) is 0.714. The number of esters is 2. The summed E-state index contributed by atoms with van der Waals surface area (Å²) in [5, 5.41) is 10.3. The quantitative estimate of drug-likeness (QED) is 0.525. The molecule has 2 unspecified atom stereocenters. The molecule has 0 aromatic rings. The predicted molar refractivity (Wildman–Crippen MR) is 134 cm³/mol. The Morgan fingerprint density at radius 2 is 1.95 bits per heavy atom. The standard InChI is InChI=1S/C28H34F2O7S/c1-5-22(33)37-28(24(35)38-20-7-9-36-23(20)34)14(2)10-16-17-12-19(29)18-11-15(31)6-8-25(18,3)27(17,30)21(32)13-26(16,28)4/h6,8,11,14,16-17,19-21,32H,5,7,9-10,12-13H2,1-4H3/t14?,16-,17-,19-,20?,21-,25-,26-,27-,28-/m0/s1. The molecule has 0 aromatic heterocycles. The lowest BCUT2D eigenvalue weighted by Crippen LogP contribution is -2.70. The Kier molecular flexibility index (Phi) is 6.50. The van der Waals surface area contributed by atoms with Gasteiger partial charge in [0.15, 0.2) is 17.1 Å². The zero-order chi connectivity index (χ0) is 27.8. The second-order valence-electron chi connectivity index (χ2n) is 11.9. The van der Waals surface area contributed by atoms with Crippen molar-refractivity contribution in [3.05, 3.63) is 23.8 Å². The van der Waals surface area contributed by atoms with E-state index in [0.717, 1.165) is 17.8 Å². The summed E-state index contributed by atoms with van der Waals surface area (Å²) < 4.78 is 44.2. The van der Waals surface area contributed by atoms with Gasteiger partial charge in [0.25, 0.3) is 0 Å². The van der Waals surface area contributed by atoms with Gasteiger partial charge in [-0.05, 0) is 49.8 Å². The lowest BCUT2D eigenvalue weighted by Gasteiger charge is -2.63. The maximum Gasteiger partial charge on any atom is 0.319 e. The van der Waals surface area contributed by atoms with E-state index in [0.29, 0.717) is 6.42 Å². The van der Waals surface area contributed by atoms with Gasteiger partial charge >= 0.3 is 11.9 Å². The third-order valence-corrected chi connectivity index (χ3v) is 11.4. The Bertz CT molecular complexity index is 1150. The zero-order valence-electron chi connectivity index (χ0n) is 22.0. The van der Waals surface area contributed by atoms with E-state index < -0.39 is 80.2 Å².